The number of hydrogen-bond donors (Lipinski definition) is 1. The van der Waals surface area contributed by atoms with Gasteiger partial charge in [0.1, 0.15) is 0 Å². The van der Waals surface area contributed by atoms with E-state index < -0.39 is 0 Å². The predicted molar refractivity (Wildman–Crippen MR) is 87.8 cm³/mol. The lowest BCUT2D eigenvalue weighted by atomic mass is 10.2. The van der Waals surface area contributed by atoms with Crippen LogP contribution in [0.25, 0.3) is 0 Å². The molecule has 0 aliphatic heterocycles. The Hall–Kier alpha value is -1.39. The molecule has 0 amide bonds. The lowest BCUT2D eigenvalue weighted by Crippen LogP contribution is -2.34. The number of hydrogen-bond acceptors (Lipinski definition) is 3. The molecule has 0 fully saturated rings. The average molecular weight is 334 g/mol. The fourth-order valence-electron chi connectivity index (χ4n) is 1.96. The molecule has 0 saturated heterocycles. The summed E-state index contributed by atoms with van der Waals surface area (Å²) in [5.74, 6) is 0. The third kappa shape index (κ3) is 4.62. The van der Waals surface area contributed by atoms with Gasteiger partial charge < -0.3 is 5.32 Å². The number of nitrogens with zero attached hydrogens (tertiary/aromatic N) is 2. The number of nitrogens with one attached hydrogen (secondary N) is 1. The Labute approximate surface area is 129 Å². The topological polar surface area (TPSA) is 28.2 Å². The van der Waals surface area contributed by atoms with Crippen molar-refractivity contribution in [3.63, 3.8) is 0 Å². The number of anilines is 1. The van der Waals surface area contributed by atoms with Crippen LogP contribution in [0.5, 0.6) is 0 Å². The van der Waals surface area contributed by atoms with Crippen molar-refractivity contribution in [2.24, 2.45) is 0 Å². The van der Waals surface area contributed by atoms with Crippen molar-refractivity contribution in [1.82, 2.24) is 9.88 Å². The zero-order valence-corrected chi connectivity index (χ0v) is 13.5. The van der Waals surface area contributed by atoms with Crippen LogP contribution in [-0.4, -0.2) is 29.5 Å². The summed E-state index contributed by atoms with van der Waals surface area (Å²) in [6, 6.07) is 13.0. The summed E-state index contributed by atoms with van der Waals surface area (Å²) in [5, 5.41) is 3.42. The van der Waals surface area contributed by atoms with Crippen molar-refractivity contribution in [2.75, 3.05) is 18.9 Å². The Kier molecular flexibility index (Phi) is 5.56. The van der Waals surface area contributed by atoms with Gasteiger partial charge in [0.2, 0.25) is 0 Å². The van der Waals surface area contributed by atoms with Crippen LogP contribution in [0.3, 0.4) is 0 Å². The summed E-state index contributed by atoms with van der Waals surface area (Å²) in [4.78, 5) is 6.49. The first kappa shape index (κ1) is 15.0. The fraction of sp³-hybridized carbons (Fsp3) is 0.312. The molecule has 1 N–H and O–H groups in total. The van der Waals surface area contributed by atoms with Crippen LogP contribution >= 0.6 is 15.9 Å². The van der Waals surface area contributed by atoms with E-state index in [1.807, 2.05) is 12.3 Å². The fourth-order valence-corrected chi connectivity index (χ4v) is 2.32. The lowest BCUT2D eigenvalue weighted by molar-refractivity contribution is 0.259. The molecule has 1 heterocycles. The predicted octanol–water partition coefficient (Wildman–Crippen LogP) is 3.78. The van der Waals surface area contributed by atoms with E-state index in [4.69, 9.17) is 0 Å². The second-order valence-electron chi connectivity index (χ2n) is 5.02. The normalized spacial score (nSPS) is 12.4. The van der Waals surface area contributed by atoms with Gasteiger partial charge in [-0.1, -0.05) is 30.3 Å². The summed E-state index contributed by atoms with van der Waals surface area (Å²) in [6.45, 7) is 4.07. The van der Waals surface area contributed by atoms with Crippen molar-refractivity contribution in [1.29, 1.82) is 0 Å². The molecule has 1 unspecified atom stereocenters. The van der Waals surface area contributed by atoms with Gasteiger partial charge in [-0.2, -0.15) is 0 Å². The van der Waals surface area contributed by atoms with Crippen molar-refractivity contribution >= 4 is 21.6 Å². The van der Waals surface area contributed by atoms with Crippen LogP contribution in [-0.2, 0) is 6.54 Å². The number of pyridine rings is 1. The first-order valence-electron chi connectivity index (χ1n) is 6.74. The van der Waals surface area contributed by atoms with Gasteiger partial charge in [0.15, 0.2) is 0 Å². The number of rotatable bonds is 6. The maximum Gasteiger partial charge on any atom is 0.0538 e. The number of benzene rings is 1. The molecule has 2 rings (SSSR count). The Balaban J connectivity index is 1.83. The minimum atomic E-state index is 0.439. The van der Waals surface area contributed by atoms with E-state index in [0.29, 0.717) is 6.04 Å². The van der Waals surface area contributed by atoms with E-state index in [0.717, 1.165) is 23.2 Å². The molecule has 1 aromatic heterocycles. The van der Waals surface area contributed by atoms with Crippen LogP contribution < -0.4 is 5.32 Å². The van der Waals surface area contributed by atoms with Crippen molar-refractivity contribution in [3.8, 4) is 0 Å². The molecule has 0 aliphatic carbocycles. The number of likely N-dealkylation sites (N-methyl/N-ethyl adjacent to an activating group) is 1. The maximum atomic E-state index is 4.15. The molecule has 1 aromatic carbocycles. The Morgan fingerprint density at radius 3 is 2.70 bits per heavy atom. The van der Waals surface area contributed by atoms with Gasteiger partial charge in [0.25, 0.3) is 0 Å². The van der Waals surface area contributed by atoms with E-state index in [1.54, 1.807) is 6.20 Å². The Morgan fingerprint density at radius 1 is 1.25 bits per heavy atom. The molecule has 4 heteroatoms. The first-order valence-corrected chi connectivity index (χ1v) is 7.53. The summed E-state index contributed by atoms with van der Waals surface area (Å²) < 4.78 is 0.993. The van der Waals surface area contributed by atoms with Gasteiger partial charge in [-0.15, -0.1) is 0 Å². The molecule has 0 radical (unpaired) electrons. The molecule has 3 nitrogen and oxygen atoms in total. The van der Waals surface area contributed by atoms with E-state index in [1.165, 1.54) is 5.56 Å². The molecule has 0 bridgehead atoms. The van der Waals surface area contributed by atoms with Crippen LogP contribution in [0, 0.1) is 0 Å². The van der Waals surface area contributed by atoms with Gasteiger partial charge in [-0.05, 0) is 41.5 Å². The minimum Gasteiger partial charge on any atom is -0.382 e. The first-order chi connectivity index (χ1) is 9.65. The highest BCUT2D eigenvalue weighted by atomic mass is 79.9. The molecule has 1 atom stereocenters. The van der Waals surface area contributed by atoms with Gasteiger partial charge in [-0.3, -0.25) is 9.88 Å². The molecule has 0 spiro atoms. The highest BCUT2D eigenvalue weighted by Gasteiger charge is 2.09. The third-order valence-electron chi connectivity index (χ3n) is 3.33. The summed E-state index contributed by atoms with van der Waals surface area (Å²) in [6.07, 6.45) is 3.63. The van der Waals surface area contributed by atoms with Crippen LogP contribution in [0.15, 0.2) is 53.3 Å². The van der Waals surface area contributed by atoms with E-state index >= 15 is 0 Å². The van der Waals surface area contributed by atoms with E-state index in [-0.39, 0.29) is 0 Å². The second kappa shape index (κ2) is 7.41. The molecular weight excluding hydrogens is 314 g/mol. The van der Waals surface area contributed by atoms with Gasteiger partial charge >= 0.3 is 0 Å². The van der Waals surface area contributed by atoms with Crippen LogP contribution in [0.4, 0.5) is 5.69 Å². The molecule has 0 aliphatic rings. The summed E-state index contributed by atoms with van der Waals surface area (Å²) in [7, 11) is 2.15. The lowest BCUT2D eigenvalue weighted by Gasteiger charge is -2.25. The van der Waals surface area contributed by atoms with Gasteiger partial charge in [0, 0.05) is 29.8 Å². The zero-order valence-electron chi connectivity index (χ0n) is 11.9. The Morgan fingerprint density at radius 2 is 2.00 bits per heavy atom. The highest BCUT2D eigenvalue weighted by Crippen LogP contribution is 2.14. The number of halogens is 1. The van der Waals surface area contributed by atoms with Gasteiger partial charge in [0.05, 0.1) is 11.9 Å². The molecular formula is C16H20BrN3. The van der Waals surface area contributed by atoms with Crippen molar-refractivity contribution < 1.29 is 0 Å². The second-order valence-corrected chi connectivity index (χ2v) is 5.94. The Bertz CT molecular complexity index is 530. The van der Waals surface area contributed by atoms with Crippen molar-refractivity contribution in [2.45, 2.75) is 19.5 Å². The summed E-state index contributed by atoms with van der Waals surface area (Å²) in [5.41, 5.74) is 2.38. The van der Waals surface area contributed by atoms with Crippen LogP contribution in [0.1, 0.15) is 12.5 Å². The van der Waals surface area contributed by atoms with Crippen molar-refractivity contribution in [3.05, 3.63) is 58.8 Å². The quantitative estimate of drug-likeness (QED) is 0.871. The smallest absolute Gasteiger partial charge is 0.0538 e. The minimum absolute atomic E-state index is 0.439. The standard InChI is InChI=1S/C16H20BrN3/c1-13(9-19-16-8-15(17)10-18-11-16)20(2)12-14-6-4-3-5-7-14/h3-8,10-11,13,19H,9,12H2,1-2H3. The largest absolute Gasteiger partial charge is 0.382 e. The van der Waals surface area contributed by atoms with E-state index in [2.05, 4.69) is 75.4 Å². The number of aromatic nitrogens is 1. The molecule has 0 saturated carbocycles. The molecule has 2 aromatic rings. The monoisotopic (exact) mass is 333 g/mol. The maximum absolute atomic E-state index is 4.15. The average Bonchev–Trinajstić information content (AvgIpc) is 2.46. The SMILES string of the molecule is CC(CNc1cncc(Br)c1)N(C)Cc1ccccc1. The third-order valence-corrected chi connectivity index (χ3v) is 3.77. The van der Waals surface area contributed by atoms with Gasteiger partial charge in [-0.25, -0.2) is 0 Å². The zero-order chi connectivity index (χ0) is 14.4. The summed E-state index contributed by atoms with van der Waals surface area (Å²) >= 11 is 3.43. The molecule has 20 heavy (non-hydrogen) atoms. The highest BCUT2D eigenvalue weighted by molar-refractivity contribution is 9.10. The van der Waals surface area contributed by atoms with Crippen LogP contribution in [0.2, 0.25) is 0 Å². The molecule has 106 valence electrons. The van der Waals surface area contributed by atoms with E-state index in [9.17, 15) is 0 Å².